The highest BCUT2D eigenvalue weighted by Crippen LogP contribution is 2.54. The molecule has 0 amide bonds. The van der Waals surface area contributed by atoms with Crippen LogP contribution in [0, 0.1) is 0 Å². The Morgan fingerprint density at radius 1 is 0.808 bits per heavy atom. The van der Waals surface area contributed by atoms with E-state index in [-0.39, 0.29) is 0 Å². The summed E-state index contributed by atoms with van der Waals surface area (Å²) in [7, 11) is -7.72. The van der Waals surface area contributed by atoms with E-state index in [4.69, 9.17) is 4.52 Å². The molecule has 0 aromatic rings. The Bertz CT molecular complexity index is 424. The van der Waals surface area contributed by atoms with Crippen LogP contribution in [0.25, 0.3) is 0 Å². The van der Waals surface area contributed by atoms with Crippen LogP contribution in [-0.4, -0.2) is 19.4 Å². The molecule has 17 heteroatoms. The van der Waals surface area contributed by atoms with Crippen LogP contribution in [-0.2, 0) is 32.6 Å². The molecule has 0 saturated heterocycles. The van der Waals surface area contributed by atoms with Crippen LogP contribution in [0.5, 0.6) is 0 Å². The molecule has 0 aliphatic heterocycles. The number of hydrogen-bond acceptors (Lipinski definition) is 8. The van der Waals surface area contributed by atoms with Crippen molar-refractivity contribution < 1.29 is 45.8 Å². The number of phosphoric acid groups is 2. The van der Waals surface area contributed by atoms with Gasteiger partial charge in [-0.25, -0.2) is 41.3 Å². The summed E-state index contributed by atoms with van der Waals surface area (Å²) in [5.74, 6) is 0. The summed E-state index contributed by atoms with van der Waals surface area (Å²) in [4.78, 5) is 0. The SMILES string of the molecule is CCCCCCCOP(=O)(OBr)OBr.O=P(OBr)(OBr)OC(F)C(F)F. The average Bonchev–Trinajstić information content (AvgIpc) is 2.64. The second kappa shape index (κ2) is 17.8. The lowest BCUT2D eigenvalue weighted by Gasteiger charge is -2.12. The minimum absolute atomic E-state index is 0.373. The third-order valence-corrected chi connectivity index (χ3v) is 8.15. The number of unbranched alkanes of at least 4 members (excludes halogenated alkanes) is 4. The lowest BCUT2D eigenvalue weighted by Crippen LogP contribution is -2.14. The largest absolute Gasteiger partial charge is 0.499 e. The fourth-order valence-electron chi connectivity index (χ4n) is 1.14. The maximum atomic E-state index is 12.0. The molecule has 0 rings (SSSR count). The number of alkyl halides is 3. The van der Waals surface area contributed by atoms with Gasteiger partial charge in [0.25, 0.3) is 12.8 Å². The molecule has 1 unspecified atom stereocenters. The molecule has 0 bridgehead atoms. The summed E-state index contributed by atoms with van der Waals surface area (Å²) < 4.78 is 81.9. The second-order valence-corrected chi connectivity index (χ2v) is 10.5. The Balaban J connectivity index is 0. The van der Waals surface area contributed by atoms with E-state index in [1.54, 1.807) is 0 Å². The van der Waals surface area contributed by atoms with Gasteiger partial charge in [-0.2, -0.15) is 0 Å². The molecule has 8 nitrogen and oxygen atoms in total. The number of halogens is 7. The minimum Gasteiger partial charge on any atom is -0.286 e. The van der Waals surface area contributed by atoms with Crippen LogP contribution in [0.1, 0.15) is 39.0 Å². The predicted octanol–water partition coefficient (Wildman–Crippen LogP) is 8.06. The fraction of sp³-hybridized carbons (Fsp3) is 1.00. The van der Waals surface area contributed by atoms with E-state index in [0.717, 1.165) is 12.8 Å². The van der Waals surface area contributed by atoms with E-state index >= 15 is 0 Å². The van der Waals surface area contributed by atoms with E-state index in [9.17, 15) is 22.3 Å². The molecule has 0 aromatic carbocycles. The lowest BCUT2D eigenvalue weighted by atomic mass is 10.2. The van der Waals surface area contributed by atoms with Crippen molar-refractivity contribution in [3.63, 3.8) is 0 Å². The molecule has 1 atom stereocenters. The first-order valence-corrected chi connectivity index (χ1v) is 12.3. The van der Waals surface area contributed by atoms with Gasteiger partial charge in [0.2, 0.25) is 0 Å². The topological polar surface area (TPSA) is 89.5 Å². The van der Waals surface area contributed by atoms with Gasteiger partial charge >= 0.3 is 15.6 Å². The molecule has 0 heterocycles. The van der Waals surface area contributed by atoms with Crippen LogP contribution in [0.4, 0.5) is 13.2 Å². The van der Waals surface area contributed by atoms with Crippen molar-refractivity contribution in [2.45, 2.75) is 51.8 Å². The van der Waals surface area contributed by atoms with Crippen LogP contribution < -0.4 is 0 Å². The standard InChI is InChI=1S/C7H15Br2O4P.C2H2Br2F3O4P/c1-2-3-4-5-6-7-11-14(10,12-8)13-9;3-10-12(8,11-4)9-2(7)1(5)6/h2-7H2,1H3;1-2H. The molecule has 0 spiro atoms. The summed E-state index contributed by atoms with van der Waals surface area (Å²) in [6, 6.07) is 0. The zero-order valence-corrected chi connectivity index (χ0v) is 21.3. The lowest BCUT2D eigenvalue weighted by molar-refractivity contribution is -0.0753. The quantitative estimate of drug-likeness (QED) is 0.134. The molecule has 0 radical (unpaired) electrons. The Morgan fingerprint density at radius 2 is 1.27 bits per heavy atom. The zero-order chi connectivity index (χ0) is 20.6. The highest BCUT2D eigenvalue weighted by atomic mass is 79.9. The molecule has 160 valence electrons. The summed E-state index contributed by atoms with van der Waals surface area (Å²) in [5.41, 5.74) is 0. The normalized spacial score (nSPS) is 13.4. The van der Waals surface area contributed by atoms with Crippen LogP contribution >= 0.6 is 80.7 Å². The van der Waals surface area contributed by atoms with Crippen LogP contribution in [0.3, 0.4) is 0 Å². The predicted molar refractivity (Wildman–Crippen MR) is 102 cm³/mol. The third kappa shape index (κ3) is 15.8. The van der Waals surface area contributed by atoms with Gasteiger partial charge in [0.05, 0.1) is 6.61 Å². The van der Waals surface area contributed by atoms with E-state index in [0.29, 0.717) is 6.61 Å². The summed E-state index contributed by atoms with van der Waals surface area (Å²) in [5, 5.41) is 0. The Labute approximate surface area is 184 Å². The van der Waals surface area contributed by atoms with Gasteiger partial charge in [0, 0.05) is 0 Å². The van der Waals surface area contributed by atoms with Gasteiger partial charge in [-0.15, -0.1) is 0 Å². The molecule has 0 aliphatic rings. The van der Waals surface area contributed by atoms with Gasteiger partial charge in [-0.05, 0) is 6.42 Å². The first kappa shape index (κ1) is 30.1. The first-order valence-electron chi connectivity index (χ1n) is 6.80. The molecule has 26 heavy (non-hydrogen) atoms. The van der Waals surface area contributed by atoms with Crippen LogP contribution in [0.2, 0.25) is 0 Å². The number of hydrogen-bond donors (Lipinski definition) is 0. The van der Waals surface area contributed by atoms with Crippen LogP contribution in [0.15, 0.2) is 0 Å². The smallest absolute Gasteiger partial charge is 0.286 e. The third-order valence-electron chi connectivity index (χ3n) is 2.26. The van der Waals surface area contributed by atoms with Gasteiger partial charge in [-0.3, -0.25) is 4.52 Å². The molecular formula is C9H17Br4F3O8P2. The van der Waals surface area contributed by atoms with Crippen molar-refractivity contribution in [1.29, 1.82) is 0 Å². The fourth-order valence-corrected chi connectivity index (χ4v) is 4.60. The van der Waals surface area contributed by atoms with Crippen molar-refractivity contribution >= 4 is 80.7 Å². The second-order valence-electron chi connectivity index (χ2n) is 4.21. The van der Waals surface area contributed by atoms with Crippen molar-refractivity contribution in [2.24, 2.45) is 0 Å². The van der Waals surface area contributed by atoms with Gasteiger partial charge in [0.1, 0.15) is 65.0 Å². The Morgan fingerprint density at radius 3 is 1.65 bits per heavy atom. The molecule has 0 aliphatic carbocycles. The van der Waals surface area contributed by atoms with Gasteiger partial charge in [-0.1, -0.05) is 32.6 Å². The maximum absolute atomic E-state index is 12.0. The Hall–Kier alpha value is 1.93. The van der Waals surface area contributed by atoms with Gasteiger partial charge in [0.15, 0.2) is 0 Å². The average molecular weight is 692 g/mol. The maximum Gasteiger partial charge on any atom is 0.499 e. The van der Waals surface area contributed by atoms with E-state index < -0.39 is 28.4 Å². The molecule has 0 saturated carbocycles. The van der Waals surface area contributed by atoms with Crippen molar-refractivity contribution in [3.05, 3.63) is 0 Å². The minimum atomic E-state index is -4.31. The van der Waals surface area contributed by atoms with E-state index in [1.165, 1.54) is 19.3 Å². The van der Waals surface area contributed by atoms with E-state index in [1.807, 2.05) is 0 Å². The summed E-state index contributed by atoms with van der Waals surface area (Å²) >= 11 is 9.48. The summed E-state index contributed by atoms with van der Waals surface area (Å²) in [6.07, 6.45) is -0.936. The van der Waals surface area contributed by atoms with Crippen molar-refractivity contribution in [2.75, 3.05) is 6.61 Å². The first-order chi connectivity index (χ1) is 12.1. The molecule has 0 fully saturated rings. The zero-order valence-electron chi connectivity index (χ0n) is 13.2. The monoisotopic (exact) mass is 688 g/mol. The Kier molecular flexibility index (Phi) is 20.6. The van der Waals surface area contributed by atoms with Gasteiger partial charge < -0.3 is 0 Å². The van der Waals surface area contributed by atoms with Crippen molar-refractivity contribution in [1.82, 2.24) is 0 Å². The highest BCUT2D eigenvalue weighted by Gasteiger charge is 2.35. The molecule has 0 aromatic heterocycles. The van der Waals surface area contributed by atoms with Crippen molar-refractivity contribution in [3.8, 4) is 0 Å². The number of rotatable bonds is 14. The molecule has 0 N–H and O–H groups in total. The van der Waals surface area contributed by atoms with E-state index in [2.05, 4.69) is 90.9 Å². The molecular weight excluding hydrogens is 675 g/mol. The summed E-state index contributed by atoms with van der Waals surface area (Å²) in [6.45, 7) is 2.53. The highest BCUT2D eigenvalue weighted by molar-refractivity contribution is 9.08.